The van der Waals surface area contributed by atoms with E-state index in [1.807, 2.05) is 49.4 Å². The van der Waals surface area contributed by atoms with Gasteiger partial charge >= 0.3 is 0 Å². The minimum atomic E-state index is 0.122. The van der Waals surface area contributed by atoms with Gasteiger partial charge in [-0.15, -0.1) is 0 Å². The van der Waals surface area contributed by atoms with Crippen molar-refractivity contribution in [1.29, 1.82) is 0 Å². The van der Waals surface area contributed by atoms with E-state index in [2.05, 4.69) is 62.3 Å². The molecule has 4 heteroatoms. The molecule has 0 aromatic heterocycles. The summed E-state index contributed by atoms with van der Waals surface area (Å²) in [7, 11) is 1.71. The van der Waals surface area contributed by atoms with Crippen LogP contribution in [0, 0.1) is 5.92 Å². The van der Waals surface area contributed by atoms with Gasteiger partial charge in [0.2, 0.25) is 0 Å². The molecule has 1 saturated heterocycles. The highest BCUT2D eigenvalue weighted by molar-refractivity contribution is 5.75. The minimum absolute atomic E-state index is 0.122. The third-order valence-electron chi connectivity index (χ3n) is 6.40. The SMILES string of the molecule is CN=NC(/C=C(\C)c1ccc(-c2ccccc2)cc1O)=C(/C)CC1CC(C)(C)NC(C)(C)C1. The van der Waals surface area contributed by atoms with Gasteiger partial charge in [0.15, 0.2) is 0 Å². The summed E-state index contributed by atoms with van der Waals surface area (Å²) in [5.41, 5.74) is 6.24. The fourth-order valence-corrected chi connectivity index (χ4v) is 5.52. The van der Waals surface area contributed by atoms with Crippen LogP contribution in [0.4, 0.5) is 0 Å². The highest BCUT2D eigenvalue weighted by atomic mass is 16.3. The standard InChI is InChI=1S/C29H39N3O/c1-20(25-14-13-24(17-27(25)33)23-11-9-8-10-12-23)16-26(31-30-7)21(2)15-22-18-28(3,4)32-29(5,6)19-22/h8-14,16-17,22,32-33H,15,18-19H2,1-7H3/b20-16+,26-21-,31-30?. The molecule has 0 saturated carbocycles. The molecule has 2 aromatic rings. The molecule has 1 aliphatic rings. The lowest BCUT2D eigenvalue weighted by atomic mass is 9.73. The van der Waals surface area contributed by atoms with Gasteiger partial charge in [-0.2, -0.15) is 10.2 Å². The van der Waals surface area contributed by atoms with E-state index in [9.17, 15) is 5.11 Å². The topological polar surface area (TPSA) is 57.0 Å². The highest BCUT2D eigenvalue weighted by Crippen LogP contribution is 2.37. The molecular weight excluding hydrogens is 406 g/mol. The van der Waals surface area contributed by atoms with Crippen molar-refractivity contribution in [3.05, 3.63) is 71.4 Å². The summed E-state index contributed by atoms with van der Waals surface area (Å²) in [6.07, 6.45) is 5.31. The number of allylic oxidation sites excluding steroid dienone is 3. The summed E-state index contributed by atoms with van der Waals surface area (Å²) < 4.78 is 0. The first-order chi connectivity index (χ1) is 15.5. The lowest BCUT2D eigenvalue weighted by Gasteiger charge is -2.46. The van der Waals surface area contributed by atoms with E-state index < -0.39 is 0 Å². The van der Waals surface area contributed by atoms with Crippen LogP contribution in [0.3, 0.4) is 0 Å². The predicted octanol–water partition coefficient (Wildman–Crippen LogP) is 7.77. The number of azo groups is 1. The Morgan fingerprint density at radius 3 is 2.21 bits per heavy atom. The first-order valence-corrected chi connectivity index (χ1v) is 11.9. The lowest BCUT2D eigenvalue weighted by Crippen LogP contribution is -2.57. The third-order valence-corrected chi connectivity index (χ3v) is 6.40. The summed E-state index contributed by atoms with van der Waals surface area (Å²) >= 11 is 0. The van der Waals surface area contributed by atoms with Gasteiger partial charge in [-0.25, -0.2) is 0 Å². The van der Waals surface area contributed by atoms with Crippen molar-refractivity contribution in [2.45, 2.75) is 71.9 Å². The molecule has 0 atom stereocenters. The average Bonchev–Trinajstić information content (AvgIpc) is 2.71. The number of aromatic hydroxyl groups is 1. The zero-order chi connectivity index (χ0) is 24.2. The third kappa shape index (κ3) is 6.64. The zero-order valence-electron chi connectivity index (χ0n) is 21.2. The molecule has 0 unspecified atom stereocenters. The molecule has 4 nitrogen and oxygen atoms in total. The first kappa shape index (κ1) is 24.9. The fraction of sp³-hybridized carbons (Fsp3) is 0.448. The van der Waals surface area contributed by atoms with E-state index in [0.29, 0.717) is 5.92 Å². The van der Waals surface area contributed by atoms with Gasteiger partial charge < -0.3 is 10.4 Å². The monoisotopic (exact) mass is 445 g/mol. The van der Waals surface area contributed by atoms with Crippen LogP contribution >= 0.6 is 0 Å². The summed E-state index contributed by atoms with van der Waals surface area (Å²) in [6, 6.07) is 16.0. The van der Waals surface area contributed by atoms with E-state index in [1.165, 1.54) is 5.57 Å². The molecule has 0 aliphatic carbocycles. The Kier molecular flexibility index (Phi) is 7.58. The molecule has 2 aromatic carbocycles. The Labute approximate surface area is 199 Å². The number of phenolic OH excluding ortho intramolecular Hbond substituents is 1. The van der Waals surface area contributed by atoms with Crippen LogP contribution in [0.25, 0.3) is 16.7 Å². The Balaban J connectivity index is 1.87. The second kappa shape index (κ2) is 10.0. The van der Waals surface area contributed by atoms with Crippen LogP contribution in [-0.2, 0) is 0 Å². The molecule has 3 rings (SSSR count). The van der Waals surface area contributed by atoms with Crippen LogP contribution in [0.2, 0.25) is 0 Å². The van der Waals surface area contributed by atoms with Crippen molar-refractivity contribution < 1.29 is 5.11 Å². The number of hydrogen-bond donors (Lipinski definition) is 2. The van der Waals surface area contributed by atoms with E-state index in [0.717, 1.165) is 47.2 Å². The molecule has 0 radical (unpaired) electrons. The van der Waals surface area contributed by atoms with Crippen molar-refractivity contribution in [3.8, 4) is 16.9 Å². The number of rotatable bonds is 6. The van der Waals surface area contributed by atoms with Crippen molar-refractivity contribution >= 4 is 5.57 Å². The maximum atomic E-state index is 10.8. The van der Waals surface area contributed by atoms with Gasteiger partial charge in [0.05, 0.1) is 5.70 Å². The minimum Gasteiger partial charge on any atom is -0.507 e. The summed E-state index contributed by atoms with van der Waals surface area (Å²) in [4.78, 5) is 0. The molecule has 0 amide bonds. The van der Waals surface area contributed by atoms with E-state index in [4.69, 9.17) is 0 Å². The smallest absolute Gasteiger partial charge is 0.123 e. The van der Waals surface area contributed by atoms with E-state index in [1.54, 1.807) is 7.05 Å². The zero-order valence-corrected chi connectivity index (χ0v) is 21.2. The Morgan fingerprint density at radius 2 is 1.64 bits per heavy atom. The van der Waals surface area contributed by atoms with E-state index in [-0.39, 0.29) is 16.8 Å². The molecule has 176 valence electrons. The summed E-state index contributed by atoms with van der Waals surface area (Å²) in [5.74, 6) is 0.864. The van der Waals surface area contributed by atoms with Crippen molar-refractivity contribution in [3.63, 3.8) is 0 Å². The molecular formula is C29H39N3O. The van der Waals surface area contributed by atoms with Gasteiger partial charge in [0.25, 0.3) is 0 Å². The van der Waals surface area contributed by atoms with Crippen molar-refractivity contribution in [2.24, 2.45) is 16.1 Å². The second-order valence-electron chi connectivity index (χ2n) is 10.8. The molecule has 1 fully saturated rings. The molecule has 0 bridgehead atoms. The molecule has 1 heterocycles. The number of nitrogens with one attached hydrogen (secondary N) is 1. The van der Waals surface area contributed by atoms with Gasteiger partial charge in [0, 0.05) is 23.7 Å². The van der Waals surface area contributed by atoms with Gasteiger partial charge in [-0.3, -0.25) is 0 Å². The molecule has 1 aliphatic heterocycles. The average molecular weight is 446 g/mol. The molecule has 33 heavy (non-hydrogen) atoms. The van der Waals surface area contributed by atoms with Crippen LogP contribution < -0.4 is 5.32 Å². The predicted molar refractivity (Wildman–Crippen MR) is 139 cm³/mol. The van der Waals surface area contributed by atoms with Gasteiger partial charge in [-0.05, 0) is 101 Å². The van der Waals surface area contributed by atoms with Crippen LogP contribution in [0.5, 0.6) is 5.75 Å². The second-order valence-corrected chi connectivity index (χ2v) is 10.8. The van der Waals surface area contributed by atoms with Crippen LogP contribution in [0.1, 0.15) is 66.4 Å². The maximum absolute atomic E-state index is 10.8. The largest absolute Gasteiger partial charge is 0.507 e. The molecule has 2 N–H and O–H groups in total. The first-order valence-electron chi connectivity index (χ1n) is 11.9. The van der Waals surface area contributed by atoms with Gasteiger partial charge in [-0.1, -0.05) is 42.5 Å². The molecule has 0 spiro atoms. The van der Waals surface area contributed by atoms with Crippen molar-refractivity contribution in [1.82, 2.24) is 5.32 Å². The number of benzene rings is 2. The normalized spacial score (nSPS) is 19.5. The summed E-state index contributed by atoms with van der Waals surface area (Å²) in [6.45, 7) is 13.3. The summed E-state index contributed by atoms with van der Waals surface area (Å²) in [5, 5.41) is 23.1. The van der Waals surface area contributed by atoms with E-state index >= 15 is 0 Å². The Bertz CT molecular complexity index is 1050. The Morgan fingerprint density at radius 1 is 1.00 bits per heavy atom. The number of piperidine rings is 1. The number of hydrogen-bond acceptors (Lipinski definition) is 4. The Hall–Kier alpha value is -2.72. The lowest BCUT2D eigenvalue weighted by molar-refractivity contribution is 0.128. The highest BCUT2D eigenvalue weighted by Gasteiger charge is 2.37. The fourth-order valence-electron chi connectivity index (χ4n) is 5.52. The number of nitrogens with zero attached hydrogens (tertiary/aromatic N) is 2. The van der Waals surface area contributed by atoms with Crippen LogP contribution in [-0.4, -0.2) is 23.2 Å². The quantitative estimate of drug-likeness (QED) is 0.352. The maximum Gasteiger partial charge on any atom is 0.123 e. The van der Waals surface area contributed by atoms with Gasteiger partial charge in [0.1, 0.15) is 5.75 Å². The van der Waals surface area contributed by atoms with Crippen LogP contribution in [0.15, 0.2) is 76.1 Å². The number of phenols is 1. The van der Waals surface area contributed by atoms with Crippen molar-refractivity contribution in [2.75, 3.05) is 7.05 Å².